The Morgan fingerprint density at radius 2 is 2.05 bits per heavy atom. The van der Waals surface area contributed by atoms with Gasteiger partial charge in [0.05, 0.1) is 12.2 Å². The normalized spacial score (nSPS) is 51.5. The lowest BCUT2D eigenvalue weighted by Gasteiger charge is -2.47. The summed E-state index contributed by atoms with van der Waals surface area (Å²) in [5, 5.41) is 10.6. The van der Waals surface area contributed by atoms with Crippen LogP contribution in [0.3, 0.4) is 0 Å². The van der Waals surface area contributed by atoms with E-state index >= 15 is 0 Å². The van der Waals surface area contributed by atoms with E-state index in [0.29, 0.717) is 29.8 Å². The summed E-state index contributed by atoms with van der Waals surface area (Å²) < 4.78 is 6.34. The molecule has 2 bridgehead atoms. The Kier molecular flexibility index (Phi) is 3.32. The summed E-state index contributed by atoms with van der Waals surface area (Å²) >= 11 is 0. The molecule has 0 radical (unpaired) electrons. The monoisotopic (exact) mass is 305 g/mol. The van der Waals surface area contributed by atoms with Crippen LogP contribution in [0.1, 0.15) is 47.0 Å². The Morgan fingerprint density at radius 3 is 2.73 bits per heavy atom. The van der Waals surface area contributed by atoms with Crippen LogP contribution in [0.5, 0.6) is 0 Å². The van der Waals surface area contributed by atoms with E-state index < -0.39 is 0 Å². The van der Waals surface area contributed by atoms with Crippen molar-refractivity contribution in [1.82, 2.24) is 4.90 Å². The van der Waals surface area contributed by atoms with Gasteiger partial charge in [0.2, 0.25) is 0 Å². The van der Waals surface area contributed by atoms with Gasteiger partial charge in [0.1, 0.15) is 5.60 Å². The molecule has 0 unspecified atom stereocenters. The molecular formula is C19H31NO2. The van der Waals surface area contributed by atoms with Crippen LogP contribution >= 0.6 is 0 Å². The number of aliphatic hydroxyl groups excluding tert-OH is 1. The second-order valence-corrected chi connectivity index (χ2v) is 8.99. The highest BCUT2D eigenvalue weighted by atomic mass is 16.5. The first kappa shape index (κ1) is 15.2. The average Bonchev–Trinajstić information content (AvgIpc) is 3.09. The van der Waals surface area contributed by atoms with Crippen molar-refractivity contribution in [3.63, 3.8) is 0 Å². The molecular weight excluding hydrogens is 274 g/mol. The maximum atomic E-state index is 10.6. The van der Waals surface area contributed by atoms with Crippen molar-refractivity contribution in [2.75, 3.05) is 13.1 Å². The van der Waals surface area contributed by atoms with Gasteiger partial charge in [-0.1, -0.05) is 32.4 Å². The van der Waals surface area contributed by atoms with Gasteiger partial charge in [0, 0.05) is 30.5 Å². The number of nitrogens with zero attached hydrogens (tertiary/aromatic N) is 1. The Labute approximate surface area is 134 Å². The molecule has 1 saturated carbocycles. The highest BCUT2D eigenvalue weighted by Crippen LogP contribution is 2.53. The van der Waals surface area contributed by atoms with Gasteiger partial charge in [-0.25, -0.2) is 0 Å². The molecule has 0 aromatic heterocycles. The fraction of sp³-hybridized carbons (Fsp3) is 0.895. The molecule has 3 fully saturated rings. The van der Waals surface area contributed by atoms with Gasteiger partial charge < -0.3 is 9.84 Å². The van der Waals surface area contributed by atoms with Crippen molar-refractivity contribution in [1.29, 1.82) is 0 Å². The van der Waals surface area contributed by atoms with Crippen molar-refractivity contribution in [3.8, 4) is 0 Å². The third-order valence-corrected chi connectivity index (χ3v) is 7.36. The smallest absolute Gasteiger partial charge is 0.104 e. The zero-order chi connectivity index (χ0) is 15.7. The minimum atomic E-state index is -0.151. The molecule has 4 aliphatic rings. The van der Waals surface area contributed by atoms with Crippen LogP contribution in [0.25, 0.3) is 0 Å². The molecule has 3 heterocycles. The van der Waals surface area contributed by atoms with Crippen molar-refractivity contribution in [2.24, 2.45) is 23.7 Å². The Morgan fingerprint density at radius 1 is 1.27 bits per heavy atom. The highest BCUT2D eigenvalue weighted by Gasteiger charge is 2.61. The van der Waals surface area contributed by atoms with Gasteiger partial charge in [0.25, 0.3) is 0 Å². The Balaban J connectivity index is 1.54. The Hall–Kier alpha value is -0.380. The fourth-order valence-electron chi connectivity index (χ4n) is 5.73. The van der Waals surface area contributed by atoms with Crippen LogP contribution in [-0.4, -0.2) is 46.4 Å². The van der Waals surface area contributed by atoms with E-state index in [1.54, 1.807) is 0 Å². The van der Waals surface area contributed by atoms with Crippen molar-refractivity contribution >= 4 is 0 Å². The van der Waals surface area contributed by atoms with E-state index in [2.05, 4.69) is 44.7 Å². The minimum Gasteiger partial charge on any atom is -0.393 e. The van der Waals surface area contributed by atoms with E-state index in [-0.39, 0.29) is 17.2 Å². The van der Waals surface area contributed by atoms with Crippen molar-refractivity contribution in [2.45, 2.75) is 70.3 Å². The molecule has 0 amide bonds. The van der Waals surface area contributed by atoms with Crippen LogP contribution < -0.4 is 0 Å². The molecule has 2 saturated heterocycles. The first-order chi connectivity index (χ1) is 10.3. The minimum absolute atomic E-state index is 0.0335. The standard InChI is InChI=1S/C19H31NO2/c1-12-5-6-14(16(21)9-12)18(3,4)20-10-15-13(2)17-7-8-19(15,11-20)22-17/h7-8,12-17,21H,5-6,9-11H2,1-4H3/t12-,13-,14-,15-,16-,17-,19-/m1/s1. The number of ether oxygens (including phenoxy) is 1. The third-order valence-electron chi connectivity index (χ3n) is 7.36. The topological polar surface area (TPSA) is 32.7 Å². The zero-order valence-electron chi connectivity index (χ0n) is 14.5. The number of likely N-dealkylation sites (tertiary alicyclic amines) is 1. The molecule has 1 aliphatic carbocycles. The predicted octanol–water partition coefficient (Wildman–Crippen LogP) is 2.84. The quantitative estimate of drug-likeness (QED) is 0.796. The fourth-order valence-corrected chi connectivity index (χ4v) is 5.73. The summed E-state index contributed by atoms with van der Waals surface area (Å²) in [5.74, 6) is 2.31. The van der Waals surface area contributed by atoms with E-state index in [0.717, 1.165) is 25.9 Å². The molecule has 4 rings (SSSR count). The summed E-state index contributed by atoms with van der Waals surface area (Å²) in [6.07, 6.45) is 8.16. The van der Waals surface area contributed by atoms with E-state index in [9.17, 15) is 5.11 Å². The van der Waals surface area contributed by atoms with Crippen LogP contribution in [-0.2, 0) is 4.74 Å². The van der Waals surface area contributed by atoms with Crippen LogP contribution in [0, 0.1) is 23.7 Å². The van der Waals surface area contributed by atoms with Gasteiger partial charge in [-0.15, -0.1) is 0 Å². The highest BCUT2D eigenvalue weighted by molar-refractivity contribution is 5.27. The molecule has 7 atom stereocenters. The third kappa shape index (κ3) is 1.98. The number of hydrogen-bond donors (Lipinski definition) is 1. The SMILES string of the molecule is C[C@@H]1CC[C@@H](C(C)(C)N2C[C@@H]3[C@@H](C)[C@H]4C=C[C@]3(C2)O4)[C@H](O)C1. The summed E-state index contributed by atoms with van der Waals surface area (Å²) in [7, 11) is 0. The molecule has 124 valence electrons. The van der Waals surface area contributed by atoms with E-state index in [1.165, 1.54) is 6.42 Å². The van der Waals surface area contributed by atoms with E-state index in [1.807, 2.05) is 0 Å². The second kappa shape index (κ2) is 4.81. The maximum Gasteiger partial charge on any atom is 0.104 e. The first-order valence-electron chi connectivity index (χ1n) is 9.14. The summed E-state index contributed by atoms with van der Waals surface area (Å²) in [6, 6.07) is 0. The summed E-state index contributed by atoms with van der Waals surface area (Å²) in [5.41, 5.74) is 0.0158. The van der Waals surface area contributed by atoms with Gasteiger partial charge >= 0.3 is 0 Å². The summed E-state index contributed by atoms with van der Waals surface area (Å²) in [6.45, 7) is 11.4. The summed E-state index contributed by atoms with van der Waals surface area (Å²) in [4.78, 5) is 2.62. The van der Waals surface area contributed by atoms with Gasteiger partial charge in [-0.05, 0) is 38.5 Å². The molecule has 0 aromatic rings. The lowest BCUT2D eigenvalue weighted by Crippen LogP contribution is -2.54. The van der Waals surface area contributed by atoms with Crippen molar-refractivity contribution < 1.29 is 9.84 Å². The van der Waals surface area contributed by atoms with Crippen LogP contribution in [0.2, 0.25) is 0 Å². The number of fused-ring (bicyclic) bond motifs is 1. The Bertz CT molecular complexity index is 488. The van der Waals surface area contributed by atoms with Gasteiger partial charge in [0.15, 0.2) is 0 Å². The molecule has 3 heteroatoms. The molecule has 22 heavy (non-hydrogen) atoms. The molecule has 1 spiro atoms. The number of aliphatic hydroxyl groups is 1. The maximum absolute atomic E-state index is 10.6. The van der Waals surface area contributed by atoms with Gasteiger partial charge in [-0.2, -0.15) is 0 Å². The lowest BCUT2D eigenvalue weighted by molar-refractivity contribution is -0.0520. The molecule has 1 N–H and O–H groups in total. The molecule has 3 nitrogen and oxygen atoms in total. The van der Waals surface area contributed by atoms with Crippen molar-refractivity contribution in [3.05, 3.63) is 12.2 Å². The number of hydrogen-bond acceptors (Lipinski definition) is 3. The van der Waals surface area contributed by atoms with Gasteiger partial charge in [-0.3, -0.25) is 4.90 Å². The average molecular weight is 305 g/mol. The first-order valence-corrected chi connectivity index (χ1v) is 9.14. The van der Waals surface area contributed by atoms with E-state index in [4.69, 9.17) is 4.74 Å². The van der Waals surface area contributed by atoms with Crippen LogP contribution in [0.4, 0.5) is 0 Å². The molecule has 3 aliphatic heterocycles. The largest absolute Gasteiger partial charge is 0.393 e. The number of rotatable bonds is 2. The lowest BCUT2D eigenvalue weighted by atomic mass is 9.71. The predicted molar refractivity (Wildman–Crippen MR) is 87.6 cm³/mol. The molecule has 0 aromatic carbocycles. The zero-order valence-corrected chi connectivity index (χ0v) is 14.5. The second-order valence-electron chi connectivity index (χ2n) is 8.99. The van der Waals surface area contributed by atoms with Crippen LogP contribution in [0.15, 0.2) is 12.2 Å².